The summed E-state index contributed by atoms with van der Waals surface area (Å²) in [5.74, 6) is 0.0508. The second-order valence-corrected chi connectivity index (χ2v) is 5.47. The molecule has 0 saturated carbocycles. The highest BCUT2D eigenvalue weighted by Crippen LogP contribution is 2.34. The first kappa shape index (κ1) is 15.2. The van der Waals surface area contributed by atoms with Gasteiger partial charge in [0.2, 0.25) is 5.91 Å². The van der Waals surface area contributed by atoms with Crippen LogP contribution < -0.4 is 10.1 Å². The summed E-state index contributed by atoms with van der Waals surface area (Å²) in [6.07, 6.45) is -5.41. The number of ether oxygens (including phenoxy) is 1. The summed E-state index contributed by atoms with van der Waals surface area (Å²) in [5.41, 5.74) is 0.791. The van der Waals surface area contributed by atoms with E-state index >= 15 is 0 Å². The van der Waals surface area contributed by atoms with Crippen LogP contribution in [0.3, 0.4) is 0 Å². The minimum atomic E-state index is -4.31. The summed E-state index contributed by atoms with van der Waals surface area (Å²) in [6, 6.07) is 5.09. The highest BCUT2D eigenvalue weighted by atomic mass is 79.9. The number of alkyl halides is 3. The molecule has 0 unspecified atom stereocenters. The van der Waals surface area contributed by atoms with Crippen LogP contribution in [0.15, 0.2) is 22.7 Å². The summed E-state index contributed by atoms with van der Waals surface area (Å²) in [5, 5.41) is 2.63. The van der Waals surface area contributed by atoms with Crippen molar-refractivity contribution >= 4 is 21.8 Å². The van der Waals surface area contributed by atoms with Crippen molar-refractivity contribution in [2.24, 2.45) is 0 Å². The number of carbonyl (C=O) groups is 1. The Hall–Kier alpha value is -1.24. The molecule has 0 aliphatic carbocycles. The van der Waals surface area contributed by atoms with Crippen molar-refractivity contribution in [1.29, 1.82) is 0 Å². The summed E-state index contributed by atoms with van der Waals surface area (Å²) in [7, 11) is 0. The maximum atomic E-state index is 12.1. The molecule has 20 heavy (non-hydrogen) atoms. The standard InChI is InChI=1S/C13H13BrF3NO2/c14-8-1-2-9-10(4-6-20-11(9)7-8)18-12(19)3-5-13(15,16)17/h1-2,7,10H,3-6H2,(H,18,19)/t10-/m1/s1. The summed E-state index contributed by atoms with van der Waals surface area (Å²) < 4.78 is 42.5. The number of hydrogen-bond donors (Lipinski definition) is 1. The topological polar surface area (TPSA) is 38.3 Å². The van der Waals surface area contributed by atoms with Crippen molar-refractivity contribution < 1.29 is 22.7 Å². The lowest BCUT2D eigenvalue weighted by molar-refractivity contribution is -0.144. The van der Waals surface area contributed by atoms with Crippen LogP contribution in [0.1, 0.15) is 30.9 Å². The molecule has 7 heteroatoms. The van der Waals surface area contributed by atoms with Crippen LogP contribution in [0.4, 0.5) is 13.2 Å². The van der Waals surface area contributed by atoms with E-state index in [4.69, 9.17) is 4.74 Å². The zero-order valence-electron chi connectivity index (χ0n) is 10.5. The summed E-state index contributed by atoms with van der Waals surface area (Å²) in [6.45, 7) is 0.424. The first-order valence-electron chi connectivity index (χ1n) is 6.13. The Kier molecular flexibility index (Phi) is 4.57. The van der Waals surface area contributed by atoms with Crippen LogP contribution in [-0.2, 0) is 4.79 Å². The van der Waals surface area contributed by atoms with Crippen LogP contribution in [0.5, 0.6) is 5.75 Å². The normalized spacial score (nSPS) is 18.1. The highest BCUT2D eigenvalue weighted by molar-refractivity contribution is 9.10. The summed E-state index contributed by atoms with van der Waals surface area (Å²) >= 11 is 3.32. The van der Waals surface area contributed by atoms with Gasteiger partial charge in [-0.25, -0.2) is 0 Å². The van der Waals surface area contributed by atoms with Crippen LogP contribution in [0.2, 0.25) is 0 Å². The van der Waals surface area contributed by atoms with Crippen LogP contribution in [0, 0.1) is 0 Å². The fraction of sp³-hybridized carbons (Fsp3) is 0.462. The van der Waals surface area contributed by atoms with E-state index in [1.807, 2.05) is 6.07 Å². The molecule has 1 aliphatic rings. The Balaban J connectivity index is 2.00. The average molecular weight is 352 g/mol. The number of benzene rings is 1. The molecule has 1 aromatic rings. The van der Waals surface area contributed by atoms with Crippen LogP contribution in [-0.4, -0.2) is 18.7 Å². The summed E-state index contributed by atoms with van der Waals surface area (Å²) in [4.78, 5) is 11.6. The van der Waals surface area contributed by atoms with Gasteiger partial charge in [0.15, 0.2) is 0 Å². The van der Waals surface area contributed by atoms with E-state index in [0.717, 1.165) is 10.0 Å². The minimum Gasteiger partial charge on any atom is -0.493 e. The second kappa shape index (κ2) is 6.03. The average Bonchev–Trinajstić information content (AvgIpc) is 2.35. The molecule has 1 atom stereocenters. The largest absolute Gasteiger partial charge is 0.493 e. The number of fused-ring (bicyclic) bond motifs is 1. The van der Waals surface area contributed by atoms with Gasteiger partial charge in [-0.2, -0.15) is 13.2 Å². The maximum Gasteiger partial charge on any atom is 0.389 e. The number of nitrogens with one attached hydrogen (secondary N) is 1. The van der Waals surface area contributed by atoms with Gasteiger partial charge < -0.3 is 10.1 Å². The number of carbonyl (C=O) groups excluding carboxylic acids is 1. The van der Waals surface area contributed by atoms with Gasteiger partial charge >= 0.3 is 6.18 Å². The molecule has 0 aromatic heterocycles. The first-order chi connectivity index (χ1) is 9.35. The fourth-order valence-corrected chi connectivity index (χ4v) is 2.38. The monoisotopic (exact) mass is 351 g/mol. The molecule has 0 fully saturated rings. The van der Waals surface area contributed by atoms with Gasteiger partial charge in [0, 0.05) is 22.9 Å². The lowest BCUT2D eigenvalue weighted by Crippen LogP contribution is -2.32. The Morgan fingerprint density at radius 3 is 2.90 bits per heavy atom. The predicted molar refractivity (Wildman–Crippen MR) is 70.4 cm³/mol. The van der Waals surface area contributed by atoms with Gasteiger partial charge in [-0.15, -0.1) is 0 Å². The van der Waals surface area contributed by atoms with Crippen LogP contribution >= 0.6 is 15.9 Å². The van der Waals surface area contributed by atoms with Crippen LogP contribution in [0.25, 0.3) is 0 Å². The molecular formula is C13H13BrF3NO2. The Bertz CT molecular complexity index is 505. The van der Waals surface area contributed by atoms with E-state index in [9.17, 15) is 18.0 Å². The van der Waals surface area contributed by atoms with Crippen molar-refractivity contribution in [3.05, 3.63) is 28.2 Å². The Morgan fingerprint density at radius 1 is 1.45 bits per heavy atom. The molecule has 0 bridgehead atoms. The molecule has 110 valence electrons. The van der Waals surface area contributed by atoms with E-state index in [2.05, 4.69) is 21.2 Å². The molecule has 1 heterocycles. The predicted octanol–water partition coefficient (Wildman–Crippen LogP) is 3.73. The van der Waals surface area contributed by atoms with E-state index in [1.54, 1.807) is 12.1 Å². The third-order valence-corrected chi connectivity index (χ3v) is 3.48. The lowest BCUT2D eigenvalue weighted by atomic mass is 10.0. The maximum absolute atomic E-state index is 12.1. The molecule has 2 rings (SSSR count). The van der Waals surface area contributed by atoms with Crippen molar-refractivity contribution in [3.8, 4) is 5.75 Å². The Labute approximate surface area is 122 Å². The van der Waals surface area contributed by atoms with E-state index in [-0.39, 0.29) is 6.04 Å². The quantitative estimate of drug-likeness (QED) is 0.900. The van der Waals surface area contributed by atoms with Gasteiger partial charge in [-0.1, -0.05) is 22.0 Å². The molecule has 0 spiro atoms. The molecule has 3 nitrogen and oxygen atoms in total. The van der Waals surface area contributed by atoms with Gasteiger partial charge in [0.25, 0.3) is 0 Å². The lowest BCUT2D eigenvalue weighted by Gasteiger charge is -2.27. The van der Waals surface area contributed by atoms with Crippen molar-refractivity contribution in [2.45, 2.75) is 31.5 Å². The molecule has 1 aromatic carbocycles. The van der Waals surface area contributed by atoms with Gasteiger partial charge in [-0.05, 0) is 12.1 Å². The SMILES string of the molecule is O=C(CCC(F)(F)F)N[C@@H]1CCOc2cc(Br)ccc21. The number of halogens is 4. The minimum absolute atomic E-state index is 0.299. The Morgan fingerprint density at radius 2 is 2.20 bits per heavy atom. The van der Waals surface area contributed by atoms with E-state index < -0.39 is 24.9 Å². The first-order valence-corrected chi connectivity index (χ1v) is 6.93. The number of rotatable bonds is 3. The molecule has 0 radical (unpaired) electrons. The number of amides is 1. The zero-order valence-corrected chi connectivity index (χ0v) is 12.1. The second-order valence-electron chi connectivity index (χ2n) is 4.55. The molecule has 0 saturated heterocycles. The van der Waals surface area contributed by atoms with Gasteiger partial charge in [0.05, 0.1) is 19.1 Å². The third-order valence-electron chi connectivity index (χ3n) is 2.99. The molecular weight excluding hydrogens is 339 g/mol. The smallest absolute Gasteiger partial charge is 0.389 e. The molecule has 1 amide bonds. The highest BCUT2D eigenvalue weighted by Gasteiger charge is 2.29. The van der Waals surface area contributed by atoms with Gasteiger partial charge in [-0.3, -0.25) is 4.79 Å². The third kappa shape index (κ3) is 4.13. The van der Waals surface area contributed by atoms with Gasteiger partial charge in [0.1, 0.15) is 5.75 Å². The van der Waals surface area contributed by atoms with E-state index in [1.165, 1.54) is 0 Å². The molecule has 1 aliphatic heterocycles. The van der Waals surface area contributed by atoms with E-state index in [0.29, 0.717) is 18.8 Å². The fourth-order valence-electron chi connectivity index (χ4n) is 2.04. The van der Waals surface area contributed by atoms with Crippen molar-refractivity contribution in [2.75, 3.05) is 6.61 Å². The molecule has 1 N–H and O–H groups in total. The van der Waals surface area contributed by atoms with Crippen molar-refractivity contribution in [3.63, 3.8) is 0 Å². The van der Waals surface area contributed by atoms with Crippen molar-refractivity contribution in [1.82, 2.24) is 5.32 Å². The number of hydrogen-bond acceptors (Lipinski definition) is 2. The zero-order chi connectivity index (χ0) is 14.8.